The summed E-state index contributed by atoms with van der Waals surface area (Å²) in [6, 6.07) is 22.8. The first-order chi connectivity index (χ1) is 12.7. The zero-order valence-corrected chi connectivity index (χ0v) is 15.2. The highest BCUT2D eigenvalue weighted by molar-refractivity contribution is 5.84. The Balaban J connectivity index is 2.06. The minimum atomic E-state index is 0.206. The largest absolute Gasteiger partial charge is 0.497 e. The van der Waals surface area contributed by atoms with Gasteiger partial charge < -0.3 is 14.6 Å². The first-order valence-electron chi connectivity index (χ1n) is 8.78. The lowest BCUT2D eigenvalue weighted by atomic mass is 9.92. The molecule has 0 spiro atoms. The third-order valence-electron chi connectivity index (χ3n) is 4.51. The molecule has 0 aliphatic heterocycles. The molecule has 0 saturated carbocycles. The van der Waals surface area contributed by atoms with Crippen LogP contribution in [0.3, 0.4) is 0 Å². The number of hydrogen-bond donors (Lipinski definition) is 1. The van der Waals surface area contributed by atoms with Crippen molar-refractivity contribution in [3.63, 3.8) is 0 Å². The molecule has 134 valence electrons. The van der Waals surface area contributed by atoms with Crippen LogP contribution in [0, 0.1) is 0 Å². The molecular weight excluding hydrogens is 324 g/mol. The molecule has 3 nitrogen and oxygen atoms in total. The Bertz CT molecular complexity index is 836. The summed E-state index contributed by atoms with van der Waals surface area (Å²) in [5, 5.41) is 9.13. The molecule has 26 heavy (non-hydrogen) atoms. The second kappa shape index (κ2) is 8.54. The Morgan fingerprint density at radius 1 is 0.692 bits per heavy atom. The van der Waals surface area contributed by atoms with Crippen molar-refractivity contribution in [3.05, 3.63) is 72.3 Å². The fraction of sp³-hybridized carbons (Fsp3) is 0.217. The van der Waals surface area contributed by atoms with Crippen molar-refractivity contribution < 1.29 is 14.6 Å². The third-order valence-corrected chi connectivity index (χ3v) is 4.51. The second-order valence-electron chi connectivity index (χ2n) is 6.16. The van der Waals surface area contributed by atoms with Crippen molar-refractivity contribution in [1.29, 1.82) is 0 Å². The van der Waals surface area contributed by atoms with E-state index in [4.69, 9.17) is 14.6 Å². The molecule has 0 radical (unpaired) electrons. The number of aliphatic hydroxyl groups excluding tert-OH is 1. The number of aliphatic hydroxyl groups is 1. The van der Waals surface area contributed by atoms with Gasteiger partial charge in [-0.2, -0.15) is 0 Å². The van der Waals surface area contributed by atoms with Gasteiger partial charge in [-0.1, -0.05) is 42.5 Å². The van der Waals surface area contributed by atoms with Gasteiger partial charge in [0.2, 0.25) is 0 Å². The summed E-state index contributed by atoms with van der Waals surface area (Å²) in [7, 11) is 3.35. The standard InChI is InChI=1S/C23H24O3/c1-25-20-10-6-18(7-11-20)22-14-5-17(4-3-15-24)16-23(22)19-8-12-21(26-2)13-9-19/h5-14,16,24H,3-4,15H2,1-2H3. The fourth-order valence-electron chi connectivity index (χ4n) is 3.06. The van der Waals surface area contributed by atoms with Crippen LogP contribution < -0.4 is 9.47 Å². The first-order valence-corrected chi connectivity index (χ1v) is 8.78. The minimum Gasteiger partial charge on any atom is -0.497 e. The van der Waals surface area contributed by atoms with Gasteiger partial charge in [0.15, 0.2) is 0 Å². The molecule has 0 saturated heterocycles. The maximum Gasteiger partial charge on any atom is 0.118 e. The van der Waals surface area contributed by atoms with E-state index < -0.39 is 0 Å². The van der Waals surface area contributed by atoms with Crippen LogP contribution in [-0.2, 0) is 6.42 Å². The van der Waals surface area contributed by atoms with E-state index in [9.17, 15) is 0 Å². The highest BCUT2D eigenvalue weighted by Gasteiger charge is 2.10. The molecule has 0 amide bonds. The zero-order chi connectivity index (χ0) is 18.4. The van der Waals surface area contributed by atoms with Gasteiger partial charge >= 0.3 is 0 Å². The van der Waals surface area contributed by atoms with Gasteiger partial charge in [0.05, 0.1) is 14.2 Å². The van der Waals surface area contributed by atoms with E-state index in [0.717, 1.165) is 35.5 Å². The lowest BCUT2D eigenvalue weighted by Gasteiger charge is -2.14. The SMILES string of the molecule is COc1ccc(-c2ccc(CCCO)cc2-c2ccc(OC)cc2)cc1. The molecule has 3 rings (SSSR count). The summed E-state index contributed by atoms with van der Waals surface area (Å²) in [6.45, 7) is 0.206. The normalized spacial score (nSPS) is 10.6. The highest BCUT2D eigenvalue weighted by atomic mass is 16.5. The number of rotatable bonds is 7. The van der Waals surface area contributed by atoms with Crippen LogP contribution in [0.25, 0.3) is 22.3 Å². The monoisotopic (exact) mass is 348 g/mol. The molecule has 0 aliphatic rings. The number of aryl methyl sites for hydroxylation is 1. The van der Waals surface area contributed by atoms with Crippen molar-refractivity contribution in [1.82, 2.24) is 0 Å². The lowest BCUT2D eigenvalue weighted by Crippen LogP contribution is -1.93. The quantitative estimate of drug-likeness (QED) is 0.656. The lowest BCUT2D eigenvalue weighted by molar-refractivity contribution is 0.288. The second-order valence-corrected chi connectivity index (χ2v) is 6.16. The summed E-state index contributed by atoms with van der Waals surface area (Å²) in [4.78, 5) is 0. The number of hydrogen-bond acceptors (Lipinski definition) is 3. The molecular formula is C23H24O3. The Hall–Kier alpha value is -2.78. The average Bonchev–Trinajstić information content (AvgIpc) is 2.72. The predicted molar refractivity (Wildman–Crippen MR) is 106 cm³/mol. The Labute approximate surface area is 154 Å². The molecule has 3 aromatic carbocycles. The maximum absolute atomic E-state index is 9.13. The van der Waals surface area contributed by atoms with E-state index in [1.165, 1.54) is 16.7 Å². The van der Waals surface area contributed by atoms with Gasteiger partial charge in [0.25, 0.3) is 0 Å². The molecule has 0 aliphatic carbocycles. The molecule has 0 atom stereocenters. The van der Waals surface area contributed by atoms with E-state index in [1.807, 2.05) is 24.3 Å². The first kappa shape index (κ1) is 18.0. The van der Waals surface area contributed by atoms with Crippen LogP contribution in [0.4, 0.5) is 0 Å². The Morgan fingerprint density at radius 3 is 1.73 bits per heavy atom. The number of methoxy groups -OCH3 is 2. The highest BCUT2D eigenvalue weighted by Crippen LogP contribution is 2.34. The summed E-state index contributed by atoms with van der Waals surface area (Å²) in [5.41, 5.74) is 5.86. The zero-order valence-electron chi connectivity index (χ0n) is 15.2. The fourth-order valence-corrected chi connectivity index (χ4v) is 3.06. The van der Waals surface area contributed by atoms with Crippen LogP contribution in [0.2, 0.25) is 0 Å². The summed E-state index contributed by atoms with van der Waals surface area (Å²) < 4.78 is 10.6. The molecule has 0 fully saturated rings. The minimum absolute atomic E-state index is 0.206. The van der Waals surface area contributed by atoms with E-state index in [0.29, 0.717) is 0 Å². The molecule has 0 aromatic heterocycles. The van der Waals surface area contributed by atoms with E-state index in [2.05, 4.69) is 42.5 Å². The Morgan fingerprint density at radius 2 is 1.23 bits per heavy atom. The van der Waals surface area contributed by atoms with Gasteiger partial charge in [-0.05, 0) is 64.9 Å². The van der Waals surface area contributed by atoms with E-state index >= 15 is 0 Å². The van der Waals surface area contributed by atoms with Crippen molar-refractivity contribution in [3.8, 4) is 33.8 Å². The molecule has 3 heteroatoms. The van der Waals surface area contributed by atoms with Gasteiger partial charge in [-0.15, -0.1) is 0 Å². The van der Waals surface area contributed by atoms with Gasteiger partial charge in [0.1, 0.15) is 11.5 Å². The Kier molecular flexibility index (Phi) is 5.92. The predicted octanol–water partition coefficient (Wildman–Crippen LogP) is 4.96. The van der Waals surface area contributed by atoms with Crippen LogP contribution >= 0.6 is 0 Å². The van der Waals surface area contributed by atoms with Gasteiger partial charge in [-0.3, -0.25) is 0 Å². The average molecular weight is 348 g/mol. The smallest absolute Gasteiger partial charge is 0.118 e. The summed E-state index contributed by atoms with van der Waals surface area (Å²) in [5.74, 6) is 1.69. The number of ether oxygens (including phenoxy) is 2. The number of benzene rings is 3. The summed E-state index contributed by atoms with van der Waals surface area (Å²) >= 11 is 0. The van der Waals surface area contributed by atoms with Gasteiger partial charge in [-0.25, -0.2) is 0 Å². The molecule has 1 N–H and O–H groups in total. The van der Waals surface area contributed by atoms with Crippen LogP contribution in [0.1, 0.15) is 12.0 Å². The molecule has 0 heterocycles. The van der Waals surface area contributed by atoms with Gasteiger partial charge in [0, 0.05) is 6.61 Å². The van der Waals surface area contributed by atoms with Crippen LogP contribution in [0.5, 0.6) is 11.5 Å². The van der Waals surface area contributed by atoms with E-state index in [1.54, 1.807) is 14.2 Å². The molecule has 0 bridgehead atoms. The van der Waals surface area contributed by atoms with Crippen molar-refractivity contribution in [2.75, 3.05) is 20.8 Å². The molecule has 0 unspecified atom stereocenters. The topological polar surface area (TPSA) is 38.7 Å². The van der Waals surface area contributed by atoms with Crippen LogP contribution in [0.15, 0.2) is 66.7 Å². The third kappa shape index (κ3) is 4.06. The summed E-state index contributed by atoms with van der Waals surface area (Å²) in [6.07, 6.45) is 1.63. The van der Waals surface area contributed by atoms with Crippen LogP contribution in [-0.4, -0.2) is 25.9 Å². The molecule has 3 aromatic rings. The van der Waals surface area contributed by atoms with E-state index in [-0.39, 0.29) is 6.61 Å². The van der Waals surface area contributed by atoms with Crippen molar-refractivity contribution in [2.24, 2.45) is 0 Å². The maximum atomic E-state index is 9.13. The van der Waals surface area contributed by atoms with Crippen molar-refractivity contribution in [2.45, 2.75) is 12.8 Å². The van der Waals surface area contributed by atoms with Crippen molar-refractivity contribution >= 4 is 0 Å².